The highest BCUT2D eigenvalue weighted by Gasteiger charge is 2.22. The number of likely N-dealkylation sites (N-methyl/N-ethyl adjacent to an activating group) is 1. The molecule has 4 nitrogen and oxygen atoms in total. The maximum atomic E-state index is 12.1. The predicted octanol–water partition coefficient (Wildman–Crippen LogP) is 3.40. The molecule has 1 fully saturated rings. The Kier molecular flexibility index (Phi) is 5.79. The summed E-state index contributed by atoms with van der Waals surface area (Å²) >= 11 is 3.31. The second-order valence-electron chi connectivity index (χ2n) is 5.38. The van der Waals surface area contributed by atoms with Gasteiger partial charge in [-0.1, -0.05) is 35.2 Å². The summed E-state index contributed by atoms with van der Waals surface area (Å²) in [5.74, 6) is -0.597. The van der Waals surface area contributed by atoms with Crippen molar-refractivity contribution in [3.8, 4) is 0 Å². The second-order valence-corrected chi connectivity index (χ2v) is 6.30. The Morgan fingerprint density at radius 2 is 1.81 bits per heavy atom. The van der Waals surface area contributed by atoms with E-state index in [0.29, 0.717) is 5.56 Å². The summed E-state index contributed by atoms with van der Waals surface area (Å²) in [6, 6.07) is 7.17. The number of rotatable bonds is 4. The number of halogens is 1. The van der Waals surface area contributed by atoms with Gasteiger partial charge in [-0.05, 0) is 37.1 Å². The predicted molar refractivity (Wildman–Crippen MR) is 84.1 cm³/mol. The number of hydrogen-bond donors (Lipinski definition) is 0. The minimum absolute atomic E-state index is 0.132. The molecule has 0 unspecified atom stereocenters. The third kappa shape index (κ3) is 4.56. The average molecular weight is 354 g/mol. The van der Waals surface area contributed by atoms with Crippen molar-refractivity contribution in [2.75, 3.05) is 13.7 Å². The van der Waals surface area contributed by atoms with Crippen LogP contribution in [0.1, 0.15) is 42.5 Å². The Balaban J connectivity index is 1.82. The van der Waals surface area contributed by atoms with E-state index in [1.165, 1.54) is 19.3 Å². The molecule has 5 heteroatoms. The van der Waals surface area contributed by atoms with Crippen LogP contribution in [-0.4, -0.2) is 36.5 Å². The molecule has 1 aliphatic rings. The summed E-state index contributed by atoms with van der Waals surface area (Å²) in [7, 11) is 1.80. The van der Waals surface area contributed by atoms with Crippen molar-refractivity contribution in [2.45, 2.75) is 38.1 Å². The maximum Gasteiger partial charge on any atom is 0.338 e. The SMILES string of the molecule is CN(C(=O)COC(=O)c1ccc(Br)cc1)C1CCCCC1. The van der Waals surface area contributed by atoms with Crippen molar-refractivity contribution >= 4 is 27.8 Å². The van der Waals surface area contributed by atoms with Crippen molar-refractivity contribution in [2.24, 2.45) is 0 Å². The molecule has 21 heavy (non-hydrogen) atoms. The molecule has 2 rings (SSSR count). The topological polar surface area (TPSA) is 46.6 Å². The first-order valence-corrected chi connectivity index (χ1v) is 8.05. The lowest BCUT2D eigenvalue weighted by Gasteiger charge is -2.31. The van der Waals surface area contributed by atoms with Crippen molar-refractivity contribution < 1.29 is 14.3 Å². The van der Waals surface area contributed by atoms with Crippen LogP contribution in [0.3, 0.4) is 0 Å². The quantitative estimate of drug-likeness (QED) is 0.779. The fraction of sp³-hybridized carbons (Fsp3) is 0.500. The monoisotopic (exact) mass is 353 g/mol. The molecule has 1 aromatic carbocycles. The van der Waals surface area contributed by atoms with Crippen LogP contribution in [0.4, 0.5) is 0 Å². The standard InChI is InChI=1S/C16H20BrNO3/c1-18(14-5-3-2-4-6-14)15(19)11-21-16(20)12-7-9-13(17)10-8-12/h7-10,14H,2-6,11H2,1H3. The maximum absolute atomic E-state index is 12.1. The molecule has 0 spiro atoms. The summed E-state index contributed by atoms with van der Waals surface area (Å²) in [4.78, 5) is 25.7. The van der Waals surface area contributed by atoms with Gasteiger partial charge in [0.25, 0.3) is 5.91 Å². The zero-order valence-corrected chi connectivity index (χ0v) is 13.8. The molecule has 0 saturated heterocycles. The number of carbonyl (C=O) groups excluding carboxylic acids is 2. The van der Waals surface area contributed by atoms with Gasteiger partial charge in [-0.15, -0.1) is 0 Å². The number of ether oxygens (including phenoxy) is 1. The molecule has 0 aliphatic heterocycles. The van der Waals surface area contributed by atoms with E-state index < -0.39 is 5.97 Å². The highest BCUT2D eigenvalue weighted by molar-refractivity contribution is 9.10. The van der Waals surface area contributed by atoms with E-state index in [9.17, 15) is 9.59 Å². The first-order chi connectivity index (χ1) is 10.1. The van der Waals surface area contributed by atoms with Crippen LogP contribution in [0.2, 0.25) is 0 Å². The van der Waals surface area contributed by atoms with Gasteiger partial charge in [0.15, 0.2) is 6.61 Å². The van der Waals surface area contributed by atoms with E-state index in [0.717, 1.165) is 17.3 Å². The molecule has 1 saturated carbocycles. The third-order valence-electron chi connectivity index (χ3n) is 3.92. The van der Waals surface area contributed by atoms with Gasteiger partial charge in [0.1, 0.15) is 0 Å². The van der Waals surface area contributed by atoms with E-state index in [-0.39, 0.29) is 18.6 Å². The molecule has 0 bridgehead atoms. The normalized spacial score (nSPS) is 15.5. The molecule has 114 valence electrons. The lowest BCUT2D eigenvalue weighted by molar-refractivity contribution is -0.135. The van der Waals surface area contributed by atoms with Crippen LogP contribution in [-0.2, 0) is 9.53 Å². The molecule has 1 aliphatic carbocycles. The zero-order valence-electron chi connectivity index (χ0n) is 12.2. The molecule has 0 N–H and O–H groups in total. The average Bonchev–Trinajstić information content (AvgIpc) is 2.53. The number of amides is 1. The number of benzene rings is 1. The van der Waals surface area contributed by atoms with Crippen molar-refractivity contribution in [3.05, 3.63) is 34.3 Å². The first kappa shape index (κ1) is 16.0. The van der Waals surface area contributed by atoms with Crippen molar-refractivity contribution in [3.63, 3.8) is 0 Å². The zero-order chi connectivity index (χ0) is 15.2. The Labute approximate surface area is 133 Å². The Morgan fingerprint density at radius 3 is 2.43 bits per heavy atom. The van der Waals surface area contributed by atoms with Crippen molar-refractivity contribution in [1.29, 1.82) is 0 Å². The summed E-state index contributed by atoms with van der Waals surface area (Å²) in [5, 5.41) is 0. The summed E-state index contributed by atoms with van der Waals surface area (Å²) in [6.07, 6.45) is 5.67. The van der Waals surface area contributed by atoms with Crippen LogP contribution < -0.4 is 0 Å². The fourth-order valence-electron chi connectivity index (χ4n) is 2.57. The Bertz CT molecular complexity index is 495. The second kappa shape index (κ2) is 7.59. The number of esters is 1. The summed E-state index contributed by atoms with van der Waals surface area (Å²) in [6.45, 7) is -0.193. The van der Waals surface area contributed by atoms with E-state index in [4.69, 9.17) is 4.74 Å². The van der Waals surface area contributed by atoms with Gasteiger partial charge in [0.05, 0.1) is 5.56 Å². The largest absolute Gasteiger partial charge is 0.452 e. The molecule has 0 heterocycles. The smallest absolute Gasteiger partial charge is 0.338 e. The highest BCUT2D eigenvalue weighted by atomic mass is 79.9. The van der Waals surface area contributed by atoms with E-state index >= 15 is 0 Å². The van der Waals surface area contributed by atoms with Crippen LogP contribution >= 0.6 is 15.9 Å². The van der Waals surface area contributed by atoms with Crippen LogP contribution in [0, 0.1) is 0 Å². The Hall–Kier alpha value is -1.36. The van der Waals surface area contributed by atoms with Gasteiger partial charge < -0.3 is 9.64 Å². The number of nitrogens with zero attached hydrogens (tertiary/aromatic N) is 1. The van der Waals surface area contributed by atoms with Gasteiger partial charge in [0.2, 0.25) is 0 Å². The molecule has 1 aromatic rings. The molecular weight excluding hydrogens is 334 g/mol. The minimum atomic E-state index is -0.465. The lowest BCUT2D eigenvalue weighted by Crippen LogP contribution is -2.40. The molecular formula is C16H20BrNO3. The van der Waals surface area contributed by atoms with Gasteiger partial charge in [-0.25, -0.2) is 4.79 Å². The van der Waals surface area contributed by atoms with E-state index in [1.807, 2.05) is 0 Å². The van der Waals surface area contributed by atoms with Gasteiger partial charge in [-0.3, -0.25) is 4.79 Å². The summed E-state index contributed by atoms with van der Waals surface area (Å²) in [5.41, 5.74) is 0.450. The molecule has 0 radical (unpaired) electrons. The van der Waals surface area contributed by atoms with Crippen LogP contribution in [0.5, 0.6) is 0 Å². The highest BCUT2D eigenvalue weighted by Crippen LogP contribution is 2.21. The number of carbonyl (C=O) groups is 2. The minimum Gasteiger partial charge on any atom is -0.452 e. The van der Waals surface area contributed by atoms with Crippen molar-refractivity contribution in [1.82, 2.24) is 4.90 Å². The van der Waals surface area contributed by atoms with Crippen LogP contribution in [0.25, 0.3) is 0 Å². The number of hydrogen-bond acceptors (Lipinski definition) is 3. The van der Waals surface area contributed by atoms with E-state index in [1.54, 1.807) is 36.2 Å². The van der Waals surface area contributed by atoms with Crippen LogP contribution in [0.15, 0.2) is 28.7 Å². The van der Waals surface area contributed by atoms with Gasteiger partial charge in [-0.2, -0.15) is 0 Å². The molecule has 0 atom stereocenters. The first-order valence-electron chi connectivity index (χ1n) is 7.26. The summed E-state index contributed by atoms with van der Waals surface area (Å²) < 4.78 is 5.99. The lowest BCUT2D eigenvalue weighted by atomic mass is 9.94. The fourth-order valence-corrected chi connectivity index (χ4v) is 2.83. The van der Waals surface area contributed by atoms with Gasteiger partial charge in [0, 0.05) is 17.6 Å². The third-order valence-corrected chi connectivity index (χ3v) is 4.45. The molecule has 1 amide bonds. The Morgan fingerprint density at radius 1 is 1.19 bits per heavy atom. The van der Waals surface area contributed by atoms with E-state index in [2.05, 4.69) is 15.9 Å². The molecule has 0 aromatic heterocycles. The van der Waals surface area contributed by atoms with Gasteiger partial charge >= 0.3 is 5.97 Å².